The van der Waals surface area contributed by atoms with Crippen molar-refractivity contribution < 1.29 is 10.2 Å². The number of hydrogen-bond acceptors (Lipinski definition) is 3. The number of phenols is 1. The summed E-state index contributed by atoms with van der Waals surface area (Å²) in [5.74, 6) is 0.0680. The number of aliphatic hydroxyl groups is 1. The number of nitrogens with two attached hydrogens (primary N) is 1. The second-order valence-electron chi connectivity index (χ2n) is 4.45. The molecule has 0 unspecified atom stereocenters. The van der Waals surface area contributed by atoms with E-state index in [2.05, 4.69) is 15.9 Å². The van der Waals surface area contributed by atoms with Gasteiger partial charge in [0.2, 0.25) is 0 Å². The van der Waals surface area contributed by atoms with Crippen LogP contribution in [0.3, 0.4) is 0 Å². The number of rotatable bonds is 3. The Kier molecular flexibility index (Phi) is 4.23. The average Bonchev–Trinajstić information content (AvgIpc) is 2.22. The van der Waals surface area contributed by atoms with Crippen LogP contribution in [0.15, 0.2) is 16.6 Å². The summed E-state index contributed by atoms with van der Waals surface area (Å²) in [5, 5.41) is 19.6. The third-order valence-electron chi connectivity index (χ3n) is 2.64. The molecule has 0 saturated carbocycles. The van der Waals surface area contributed by atoms with Crippen LogP contribution in [0.4, 0.5) is 0 Å². The number of halogens is 2. The van der Waals surface area contributed by atoms with Crippen molar-refractivity contribution in [3.63, 3.8) is 0 Å². The van der Waals surface area contributed by atoms with Crippen LogP contribution in [0.2, 0.25) is 5.02 Å². The number of benzene rings is 1. The quantitative estimate of drug-likeness (QED) is 0.804. The topological polar surface area (TPSA) is 66.5 Å². The second-order valence-corrected chi connectivity index (χ2v) is 5.74. The Balaban J connectivity index is 3.23. The SMILES string of the molecule is CC(C)(CO)[C@H](N)c1cc(Cl)cc(Br)c1O. The fourth-order valence-electron chi connectivity index (χ4n) is 1.34. The van der Waals surface area contributed by atoms with Crippen molar-refractivity contribution in [1.29, 1.82) is 0 Å². The van der Waals surface area contributed by atoms with Crippen LogP contribution < -0.4 is 5.73 Å². The van der Waals surface area contributed by atoms with Gasteiger partial charge in [0.15, 0.2) is 0 Å². The lowest BCUT2D eigenvalue weighted by atomic mass is 9.81. The van der Waals surface area contributed by atoms with Gasteiger partial charge in [-0.05, 0) is 28.1 Å². The zero-order chi connectivity index (χ0) is 12.5. The molecule has 5 heteroatoms. The summed E-state index contributed by atoms with van der Waals surface area (Å²) in [7, 11) is 0. The van der Waals surface area contributed by atoms with Gasteiger partial charge in [0.05, 0.1) is 4.47 Å². The van der Waals surface area contributed by atoms with Gasteiger partial charge < -0.3 is 15.9 Å². The third kappa shape index (κ3) is 2.69. The Morgan fingerprint density at radius 1 is 1.50 bits per heavy atom. The minimum Gasteiger partial charge on any atom is -0.506 e. The summed E-state index contributed by atoms with van der Waals surface area (Å²) in [4.78, 5) is 0. The molecular weight excluding hydrogens is 293 g/mol. The van der Waals surface area contributed by atoms with E-state index < -0.39 is 11.5 Å². The van der Waals surface area contributed by atoms with E-state index in [9.17, 15) is 10.2 Å². The van der Waals surface area contributed by atoms with Crippen molar-refractivity contribution in [2.75, 3.05) is 6.61 Å². The molecule has 1 aromatic carbocycles. The highest BCUT2D eigenvalue weighted by molar-refractivity contribution is 9.10. The number of phenolic OH excluding ortho intramolecular Hbond substituents is 1. The first-order valence-electron chi connectivity index (χ1n) is 4.84. The first-order chi connectivity index (χ1) is 7.29. The lowest BCUT2D eigenvalue weighted by molar-refractivity contribution is 0.131. The first-order valence-corrected chi connectivity index (χ1v) is 6.01. The normalized spacial score (nSPS) is 13.9. The Morgan fingerprint density at radius 3 is 2.56 bits per heavy atom. The van der Waals surface area contributed by atoms with Crippen LogP contribution in [0.1, 0.15) is 25.5 Å². The second kappa shape index (κ2) is 4.92. The molecule has 0 aliphatic heterocycles. The molecule has 4 N–H and O–H groups in total. The molecule has 1 atom stereocenters. The molecule has 0 fully saturated rings. The van der Waals surface area contributed by atoms with Crippen LogP contribution >= 0.6 is 27.5 Å². The average molecular weight is 309 g/mol. The molecule has 0 heterocycles. The smallest absolute Gasteiger partial charge is 0.134 e. The summed E-state index contributed by atoms with van der Waals surface area (Å²) in [6, 6.07) is 2.72. The van der Waals surface area contributed by atoms with Crippen LogP contribution in [-0.2, 0) is 0 Å². The molecule has 0 saturated heterocycles. The fourth-order valence-corrected chi connectivity index (χ4v) is 2.18. The van der Waals surface area contributed by atoms with E-state index in [1.807, 2.05) is 13.8 Å². The van der Waals surface area contributed by atoms with Crippen molar-refractivity contribution in [3.05, 3.63) is 27.2 Å². The summed E-state index contributed by atoms with van der Waals surface area (Å²) in [5.41, 5.74) is 6.02. The Labute approximate surface area is 108 Å². The van der Waals surface area contributed by atoms with Gasteiger partial charge in [0, 0.05) is 28.6 Å². The molecule has 0 spiro atoms. The maximum atomic E-state index is 9.88. The molecule has 0 radical (unpaired) electrons. The Morgan fingerprint density at radius 2 is 2.06 bits per heavy atom. The highest BCUT2D eigenvalue weighted by atomic mass is 79.9. The maximum Gasteiger partial charge on any atom is 0.134 e. The van der Waals surface area contributed by atoms with E-state index in [0.717, 1.165) is 0 Å². The van der Waals surface area contributed by atoms with Crippen molar-refractivity contribution in [2.45, 2.75) is 19.9 Å². The lowest BCUT2D eigenvalue weighted by Crippen LogP contribution is -2.32. The maximum absolute atomic E-state index is 9.88. The van der Waals surface area contributed by atoms with Crippen LogP contribution in [0.5, 0.6) is 5.75 Å². The molecule has 0 aromatic heterocycles. The molecule has 1 aromatic rings. The minimum atomic E-state index is -0.526. The van der Waals surface area contributed by atoms with Gasteiger partial charge in [-0.15, -0.1) is 0 Å². The van der Waals surface area contributed by atoms with Gasteiger partial charge in [0.25, 0.3) is 0 Å². The summed E-state index contributed by atoms with van der Waals surface area (Å²) in [6.45, 7) is 3.58. The van der Waals surface area contributed by atoms with Gasteiger partial charge in [-0.3, -0.25) is 0 Å². The van der Waals surface area contributed by atoms with Gasteiger partial charge >= 0.3 is 0 Å². The molecule has 16 heavy (non-hydrogen) atoms. The van der Waals surface area contributed by atoms with Gasteiger partial charge in [-0.1, -0.05) is 25.4 Å². The van der Waals surface area contributed by atoms with Crippen LogP contribution in [-0.4, -0.2) is 16.8 Å². The van der Waals surface area contributed by atoms with Crippen molar-refractivity contribution in [3.8, 4) is 5.75 Å². The van der Waals surface area contributed by atoms with Gasteiger partial charge in [-0.25, -0.2) is 0 Å². The number of aromatic hydroxyl groups is 1. The zero-order valence-electron chi connectivity index (χ0n) is 9.17. The number of aliphatic hydroxyl groups excluding tert-OH is 1. The van der Waals surface area contributed by atoms with E-state index >= 15 is 0 Å². The molecule has 1 rings (SSSR count). The first kappa shape index (κ1) is 13.8. The van der Waals surface area contributed by atoms with E-state index in [1.165, 1.54) is 0 Å². The van der Waals surface area contributed by atoms with Crippen LogP contribution in [0.25, 0.3) is 0 Å². The standard InChI is InChI=1S/C11H15BrClNO2/c1-11(2,5-15)10(14)7-3-6(13)4-8(12)9(7)16/h3-4,10,15-16H,5,14H2,1-2H3/t10-/m1/s1. The van der Waals surface area contributed by atoms with Crippen LogP contribution in [0, 0.1) is 5.41 Å². The Bertz CT molecular complexity index is 396. The van der Waals surface area contributed by atoms with Gasteiger partial charge in [0.1, 0.15) is 5.75 Å². The van der Waals surface area contributed by atoms with Crippen molar-refractivity contribution >= 4 is 27.5 Å². The molecular formula is C11H15BrClNO2. The predicted octanol–water partition coefficient (Wildman–Crippen LogP) is 2.83. The molecule has 0 bridgehead atoms. The lowest BCUT2D eigenvalue weighted by Gasteiger charge is -2.30. The number of hydrogen-bond donors (Lipinski definition) is 3. The van der Waals surface area contributed by atoms with Gasteiger partial charge in [-0.2, -0.15) is 0 Å². The molecule has 0 amide bonds. The Hall–Kier alpha value is -0.290. The molecule has 3 nitrogen and oxygen atoms in total. The van der Waals surface area contributed by atoms with E-state index in [1.54, 1.807) is 12.1 Å². The van der Waals surface area contributed by atoms with Crippen molar-refractivity contribution in [2.24, 2.45) is 11.1 Å². The largest absolute Gasteiger partial charge is 0.506 e. The summed E-state index contributed by atoms with van der Waals surface area (Å²) in [6.07, 6.45) is 0. The molecule has 0 aliphatic carbocycles. The summed E-state index contributed by atoms with van der Waals surface area (Å²) >= 11 is 9.10. The zero-order valence-corrected chi connectivity index (χ0v) is 11.5. The summed E-state index contributed by atoms with van der Waals surface area (Å²) < 4.78 is 0.499. The van der Waals surface area contributed by atoms with E-state index in [4.69, 9.17) is 17.3 Å². The third-order valence-corrected chi connectivity index (χ3v) is 3.46. The molecule has 90 valence electrons. The predicted molar refractivity (Wildman–Crippen MR) is 68.6 cm³/mol. The molecule has 0 aliphatic rings. The fraction of sp³-hybridized carbons (Fsp3) is 0.455. The monoisotopic (exact) mass is 307 g/mol. The minimum absolute atomic E-state index is 0.0680. The van der Waals surface area contributed by atoms with E-state index in [-0.39, 0.29) is 12.4 Å². The van der Waals surface area contributed by atoms with Crippen molar-refractivity contribution in [1.82, 2.24) is 0 Å². The highest BCUT2D eigenvalue weighted by Crippen LogP contribution is 2.40. The van der Waals surface area contributed by atoms with E-state index in [0.29, 0.717) is 15.1 Å². The highest BCUT2D eigenvalue weighted by Gasteiger charge is 2.29.